The van der Waals surface area contributed by atoms with Crippen molar-refractivity contribution < 1.29 is 14.7 Å². The van der Waals surface area contributed by atoms with Crippen LogP contribution in [0.15, 0.2) is 24.3 Å². The van der Waals surface area contributed by atoms with E-state index in [9.17, 15) is 9.59 Å². The Balaban J connectivity index is 2.30. The largest absolute Gasteiger partial charge is 0.478 e. The number of rotatable bonds is 3. The second-order valence-corrected chi connectivity index (χ2v) is 6.01. The SMILES string of the molecule is Cc1cc(C(=O)O)c(NC(=O)c2ccc(Cl)cc2C)s1. The Hall–Kier alpha value is -1.85. The molecule has 0 fully saturated rings. The predicted octanol–water partition coefficient (Wildman–Crippen LogP) is 3.97. The lowest BCUT2D eigenvalue weighted by Crippen LogP contribution is -2.14. The minimum Gasteiger partial charge on any atom is -0.478 e. The summed E-state index contributed by atoms with van der Waals surface area (Å²) >= 11 is 7.08. The summed E-state index contributed by atoms with van der Waals surface area (Å²) in [6.07, 6.45) is 0. The third kappa shape index (κ3) is 3.00. The van der Waals surface area contributed by atoms with Crippen molar-refractivity contribution in [2.75, 3.05) is 5.32 Å². The molecule has 0 bridgehead atoms. The number of thiophene rings is 1. The van der Waals surface area contributed by atoms with Crippen LogP contribution in [0, 0.1) is 13.8 Å². The zero-order chi connectivity index (χ0) is 14.9. The summed E-state index contributed by atoms with van der Waals surface area (Å²) in [5, 5.41) is 12.6. The molecule has 0 unspecified atom stereocenters. The minimum absolute atomic E-state index is 0.104. The highest BCUT2D eigenvalue weighted by molar-refractivity contribution is 7.16. The number of carbonyl (C=O) groups excluding carboxylic acids is 1. The molecule has 0 aliphatic heterocycles. The highest BCUT2D eigenvalue weighted by Crippen LogP contribution is 2.28. The predicted molar refractivity (Wildman–Crippen MR) is 80.2 cm³/mol. The molecule has 6 heteroatoms. The van der Waals surface area contributed by atoms with Crippen molar-refractivity contribution in [1.82, 2.24) is 0 Å². The lowest BCUT2D eigenvalue weighted by molar-refractivity contribution is 0.0698. The number of halogens is 1. The Morgan fingerprint density at radius 2 is 1.90 bits per heavy atom. The number of carboxylic acids is 1. The molecule has 0 aliphatic carbocycles. The summed E-state index contributed by atoms with van der Waals surface area (Å²) < 4.78 is 0. The Morgan fingerprint density at radius 1 is 1.20 bits per heavy atom. The molecule has 0 aliphatic rings. The van der Waals surface area contributed by atoms with E-state index in [0.29, 0.717) is 15.6 Å². The summed E-state index contributed by atoms with van der Waals surface area (Å²) in [5.41, 5.74) is 1.31. The first kappa shape index (κ1) is 14.6. The summed E-state index contributed by atoms with van der Waals surface area (Å²) in [5.74, 6) is -1.40. The fraction of sp³-hybridized carbons (Fsp3) is 0.143. The van der Waals surface area contributed by atoms with Crippen molar-refractivity contribution in [3.63, 3.8) is 0 Å². The van der Waals surface area contributed by atoms with E-state index >= 15 is 0 Å². The van der Waals surface area contributed by atoms with E-state index in [2.05, 4.69) is 5.32 Å². The van der Waals surface area contributed by atoms with Crippen LogP contribution in [0.5, 0.6) is 0 Å². The number of carboxylic acid groups (broad SMARTS) is 1. The average Bonchev–Trinajstić information content (AvgIpc) is 2.70. The van der Waals surface area contributed by atoms with Crippen molar-refractivity contribution >= 4 is 39.8 Å². The molecule has 2 rings (SSSR count). The second kappa shape index (κ2) is 5.64. The Morgan fingerprint density at radius 3 is 2.50 bits per heavy atom. The molecule has 1 aromatic carbocycles. The van der Waals surface area contributed by atoms with Gasteiger partial charge in [-0.2, -0.15) is 0 Å². The summed E-state index contributed by atoms with van der Waals surface area (Å²) in [7, 11) is 0. The van der Waals surface area contributed by atoms with Gasteiger partial charge in [-0.25, -0.2) is 4.79 Å². The number of anilines is 1. The molecule has 0 saturated carbocycles. The van der Waals surface area contributed by atoms with Gasteiger partial charge in [-0.05, 0) is 43.7 Å². The van der Waals surface area contributed by atoms with Gasteiger partial charge in [0.25, 0.3) is 5.91 Å². The Labute approximate surface area is 125 Å². The third-order valence-electron chi connectivity index (χ3n) is 2.75. The molecule has 0 atom stereocenters. The standard InChI is InChI=1S/C14H12ClNO3S/c1-7-5-9(15)3-4-10(7)12(17)16-13-11(14(18)19)6-8(2)20-13/h3-6H,1-2H3,(H,16,17)(H,18,19). The smallest absolute Gasteiger partial charge is 0.338 e. The molecule has 0 radical (unpaired) electrons. The number of amides is 1. The molecule has 1 amide bonds. The molecule has 4 nitrogen and oxygen atoms in total. The fourth-order valence-electron chi connectivity index (χ4n) is 1.82. The first-order chi connectivity index (χ1) is 9.38. The van der Waals surface area contributed by atoms with Crippen LogP contribution in [0.2, 0.25) is 5.02 Å². The molecule has 2 N–H and O–H groups in total. The normalized spacial score (nSPS) is 10.3. The molecular weight excluding hydrogens is 298 g/mol. The van der Waals surface area contributed by atoms with Gasteiger partial charge < -0.3 is 10.4 Å². The van der Waals surface area contributed by atoms with Crippen LogP contribution in [0.1, 0.15) is 31.2 Å². The average molecular weight is 310 g/mol. The number of aryl methyl sites for hydroxylation is 2. The summed E-state index contributed by atoms with van der Waals surface area (Å²) in [6, 6.07) is 6.47. The summed E-state index contributed by atoms with van der Waals surface area (Å²) in [6.45, 7) is 3.57. The highest BCUT2D eigenvalue weighted by atomic mass is 35.5. The number of benzene rings is 1. The number of nitrogens with one attached hydrogen (secondary N) is 1. The maximum atomic E-state index is 12.2. The van der Waals surface area contributed by atoms with Crippen LogP contribution in [0.4, 0.5) is 5.00 Å². The first-order valence-electron chi connectivity index (χ1n) is 5.79. The van der Waals surface area contributed by atoms with E-state index in [1.165, 1.54) is 17.4 Å². The minimum atomic E-state index is -1.06. The van der Waals surface area contributed by atoms with Crippen molar-refractivity contribution in [3.05, 3.63) is 50.9 Å². The molecule has 2 aromatic rings. The van der Waals surface area contributed by atoms with E-state index < -0.39 is 5.97 Å². The molecule has 104 valence electrons. The van der Waals surface area contributed by atoms with Gasteiger partial charge in [-0.3, -0.25) is 4.79 Å². The zero-order valence-electron chi connectivity index (χ0n) is 10.9. The molecule has 1 aromatic heterocycles. The molecule has 20 heavy (non-hydrogen) atoms. The van der Waals surface area contributed by atoms with Crippen molar-refractivity contribution in [2.45, 2.75) is 13.8 Å². The van der Waals surface area contributed by atoms with Gasteiger partial charge in [0.2, 0.25) is 0 Å². The van der Waals surface area contributed by atoms with Gasteiger partial charge in [0.15, 0.2) is 0 Å². The lowest BCUT2D eigenvalue weighted by Gasteiger charge is -2.07. The van der Waals surface area contributed by atoms with Crippen LogP contribution in [-0.4, -0.2) is 17.0 Å². The van der Waals surface area contributed by atoms with Crippen LogP contribution in [0.25, 0.3) is 0 Å². The van der Waals surface area contributed by atoms with Gasteiger partial charge in [-0.1, -0.05) is 11.6 Å². The topological polar surface area (TPSA) is 66.4 Å². The van der Waals surface area contributed by atoms with E-state index in [1.807, 2.05) is 0 Å². The van der Waals surface area contributed by atoms with Gasteiger partial charge >= 0.3 is 5.97 Å². The zero-order valence-corrected chi connectivity index (χ0v) is 12.4. The van der Waals surface area contributed by atoms with Crippen LogP contribution >= 0.6 is 22.9 Å². The van der Waals surface area contributed by atoms with Gasteiger partial charge in [0, 0.05) is 15.5 Å². The van der Waals surface area contributed by atoms with Crippen molar-refractivity contribution in [3.8, 4) is 0 Å². The number of aromatic carboxylic acids is 1. The van der Waals surface area contributed by atoms with Crippen LogP contribution in [0.3, 0.4) is 0 Å². The third-order valence-corrected chi connectivity index (χ3v) is 3.95. The maximum absolute atomic E-state index is 12.2. The second-order valence-electron chi connectivity index (χ2n) is 4.32. The quantitative estimate of drug-likeness (QED) is 0.901. The first-order valence-corrected chi connectivity index (χ1v) is 6.99. The van der Waals surface area contributed by atoms with Crippen LogP contribution in [-0.2, 0) is 0 Å². The number of hydrogen-bond donors (Lipinski definition) is 2. The van der Waals surface area contributed by atoms with E-state index in [-0.39, 0.29) is 11.5 Å². The summed E-state index contributed by atoms with van der Waals surface area (Å²) in [4.78, 5) is 24.1. The maximum Gasteiger partial charge on any atom is 0.338 e. The van der Waals surface area contributed by atoms with E-state index in [0.717, 1.165) is 10.4 Å². The highest BCUT2D eigenvalue weighted by Gasteiger charge is 2.17. The Kier molecular flexibility index (Phi) is 4.11. The molecular formula is C14H12ClNO3S. The molecule has 0 saturated heterocycles. The van der Waals surface area contributed by atoms with Gasteiger partial charge in [-0.15, -0.1) is 11.3 Å². The van der Waals surface area contributed by atoms with Gasteiger partial charge in [0.05, 0.1) is 5.56 Å². The van der Waals surface area contributed by atoms with Gasteiger partial charge in [0.1, 0.15) is 5.00 Å². The van der Waals surface area contributed by atoms with E-state index in [4.69, 9.17) is 16.7 Å². The number of carbonyl (C=O) groups is 2. The van der Waals surface area contributed by atoms with Crippen LogP contribution < -0.4 is 5.32 Å². The lowest BCUT2D eigenvalue weighted by atomic mass is 10.1. The fourth-order valence-corrected chi connectivity index (χ4v) is 2.94. The van der Waals surface area contributed by atoms with E-state index in [1.54, 1.807) is 32.0 Å². The monoisotopic (exact) mass is 309 g/mol. The Bertz CT molecular complexity index is 694. The van der Waals surface area contributed by atoms with Crippen molar-refractivity contribution in [1.29, 1.82) is 0 Å². The van der Waals surface area contributed by atoms with Crippen molar-refractivity contribution in [2.24, 2.45) is 0 Å². The molecule has 0 spiro atoms. The number of hydrogen-bond acceptors (Lipinski definition) is 3. The molecule has 1 heterocycles.